The molecule has 0 aliphatic carbocycles. The first-order chi connectivity index (χ1) is 10.9. The first-order valence-electron chi connectivity index (χ1n) is 8.36. The predicted octanol–water partition coefficient (Wildman–Crippen LogP) is 3.80. The lowest BCUT2D eigenvalue weighted by Gasteiger charge is -2.38. The molecule has 22 heavy (non-hydrogen) atoms. The summed E-state index contributed by atoms with van der Waals surface area (Å²) >= 11 is 0. The fraction of sp³-hybridized carbons (Fsp3) is 0.647. The highest BCUT2D eigenvalue weighted by Gasteiger charge is 2.29. The summed E-state index contributed by atoms with van der Waals surface area (Å²) in [6.07, 6.45) is 5.80. The summed E-state index contributed by atoms with van der Waals surface area (Å²) < 4.78 is 11.8. The maximum Gasteiger partial charge on any atom is 0.165 e. The van der Waals surface area contributed by atoms with Crippen molar-refractivity contribution in [3.8, 4) is 11.5 Å². The molecule has 1 unspecified atom stereocenters. The minimum atomic E-state index is 0.468. The lowest BCUT2D eigenvalue weighted by molar-refractivity contribution is 0.116. The summed E-state index contributed by atoms with van der Waals surface area (Å²) in [6.45, 7) is 4.25. The Morgan fingerprint density at radius 1 is 1.27 bits per heavy atom. The van der Waals surface area contributed by atoms with Gasteiger partial charge in [0.15, 0.2) is 11.5 Å². The molecule has 5 heteroatoms. The second-order valence-corrected chi connectivity index (χ2v) is 6.01. The molecule has 0 radical (unpaired) electrons. The number of hydrogen-bond donors (Lipinski definition) is 1. The van der Waals surface area contributed by atoms with Gasteiger partial charge < -0.3 is 9.47 Å². The molecule has 1 N–H and O–H groups in total. The molecule has 0 saturated carbocycles. The molecule has 120 valence electrons. The largest absolute Gasteiger partial charge is 0.490 e. The zero-order chi connectivity index (χ0) is 15.2. The highest BCUT2D eigenvalue weighted by molar-refractivity contribution is 5.49. The van der Waals surface area contributed by atoms with Gasteiger partial charge in [0.2, 0.25) is 0 Å². The monoisotopic (exact) mass is 303 g/mol. The summed E-state index contributed by atoms with van der Waals surface area (Å²) in [4.78, 5) is 2.60. The third-order valence-corrected chi connectivity index (χ3v) is 4.51. The van der Waals surface area contributed by atoms with E-state index in [1.54, 1.807) is 0 Å². The van der Waals surface area contributed by atoms with E-state index in [0.29, 0.717) is 19.2 Å². The van der Waals surface area contributed by atoms with E-state index in [4.69, 9.17) is 15.0 Å². The van der Waals surface area contributed by atoms with E-state index in [0.717, 1.165) is 30.9 Å². The van der Waals surface area contributed by atoms with E-state index in [1.165, 1.54) is 37.9 Å². The van der Waals surface area contributed by atoms with Crippen LogP contribution in [0.5, 0.6) is 11.5 Å². The number of fused-ring (bicyclic) bond motifs is 1. The van der Waals surface area contributed by atoms with Crippen molar-refractivity contribution in [2.24, 2.45) is 5.11 Å². The molecule has 1 aromatic rings. The van der Waals surface area contributed by atoms with Crippen molar-refractivity contribution in [1.82, 2.24) is 4.90 Å². The molecular formula is C17H25N3O2. The van der Waals surface area contributed by atoms with Crippen molar-refractivity contribution in [2.75, 3.05) is 32.8 Å². The fourth-order valence-electron chi connectivity index (χ4n) is 3.43. The Balaban J connectivity index is 1.74. The predicted molar refractivity (Wildman–Crippen MR) is 84.8 cm³/mol. The highest BCUT2D eigenvalue weighted by atomic mass is 16.5. The molecule has 2 aliphatic heterocycles. The van der Waals surface area contributed by atoms with Crippen LogP contribution in [0.3, 0.4) is 0 Å². The van der Waals surface area contributed by atoms with Crippen molar-refractivity contribution in [2.45, 2.75) is 38.1 Å². The number of piperidine rings is 1. The van der Waals surface area contributed by atoms with Gasteiger partial charge in [-0.2, -0.15) is 5.11 Å². The van der Waals surface area contributed by atoms with E-state index in [-0.39, 0.29) is 0 Å². The molecule has 1 aromatic carbocycles. The van der Waals surface area contributed by atoms with E-state index in [1.807, 2.05) is 6.07 Å². The van der Waals surface area contributed by atoms with E-state index >= 15 is 0 Å². The number of ether oxygens (including phenoxy) is 2. The van der Waals surface area contributed by atoms with Crippen molar-refractivity contribution >= 4 is 0 Å². The topological polar surface area (TPSA) is 57.9 Å². The van der Waals surface area contributed by atoms with Gasteiger partial charge in [-0.15, -0.1) is 0 Å². The molecule has 2 heterocycles. The van der Waals surface area contributed by atoms with E-state index in [9.17, 15) is 0 Å². The molecule has 1 fully saturated rings. The molecular weight excluding hydrogens is 278 g/mol. The van der Waals surface area contributed by atoms with Crippen molar-refractivity contribution in [1.29, 1.82) is 5.53 Å². The number of nitrogens with zero attached hydrogens (tertiary/aromatic N) is 2. The van der Waals surface area contributed by atoms with Crippen LogP contribution in [0.15, 0.2) is 23.3 Å². The number of rotatable bonds is 6. The van der Waals surface area contributed by atoms with Crippen LogP contribution in [0, 0.1) is 5.53 Å². The number of hydrogen-bond acceptors (Lipinski definition) is 5. The fourth-order valence-corrected chi connectivity index (χ4v) is 3.43. The third kappa shape index (κ3) is 3.40. The standard InChI is InChI=1S/C17H25N3O2/c18-19-9-5-12-21-16-7-4-6-14-15(8-13-22-17(14)16)20-10-2-1-3-11-20/h4,6-7,15,18H,1-3,5,8-13H2. The van der Waals surface area contributed by atoms with Gasteiger partial charge in [0.25, 0.3) is 0 Å². The quantitative estimate of drug-likeness (QED) is 0.642. The summed E-state index contributed by atoms with van der Waals surface area (Å²) in [5, 5.41) is 3.36. The Kier molecular flexibility index (Phi) is 5.27. The van der Waals surface area contributed by atoms with Gasteiger partial charge >= 0.3 is 0 Å². The Bertz CT molecular complexity index is 501. The molecule has 1 saturated heterocycles. The van der Waals surface area contributed by atoms with Gasteiger partial charge in [0.1, 0.15) is 0 Å². The van der Waals surface area contributed by atoms with Crippen molar-refractivity contribution in [3.63, 3.8) is 0 Å². The average molecular weight is 303 g/mol. The lowest BCUT2D eigenvalue weighted by Crippen LogP contribution is -2.36. The molecule has 2 aliphatic rings. The molecule has 3 rings (SSSR count). The van der Waals surface area contributed by atoms with Gasteiger partial charge in [-0.1, -0.05) is 18.6 Å². The Morgan fingerprint density at radius 2 is 2.14 bits per heavy atom. The maximum atomic E-state index is 6.82. The summed E-state index contributed by atoms with van der Waals surface area (Å²) in [5.74, 6) is 1.76. The Morgan fingerprint density at radius 3 is 2.95 bits per heavy atom. The van der Waals surface area contributed by atoms with E-state index in [2.05, 4.69) is 22.1 Å². The number of nitrogens with one attached hydrogen (secondary N) is 1. The second kappa shape index (κ2) is 7.58. The molecule has 0 aromatic heterocycles. The molecule has 0 amide bonds. The average Bonchev–Trinajstić information content (AvgIpc) is 2.59. The van der Waals surface area contributed by atoms with Crippen LogP contribution >= 0.6 is 0 Å². The van der Waals surface area contributed by atoms with Crippen LogP contribution in [0.4, 0.5) is 0 Å². The molecule has 0 spiro atoms. The summed E-state index contributed by atoms with van der Waals surface area (Å²) in [5.41, 5.74) is 8.09. The zero-order valence-electron chi connectivity index (χ0n) is 13.1. The first-order valence-corrected chi connectivity index (χ1v) is 8.36. The molecule has 1 atom stereocenters. The maximum absolute atomic E-state index is 6.82. The van der Waals surface area contributed by atoms with Crippen LogP contribution in [0.2, 0.25) is 0 Å². The van der Waals surface area contributed by atoms with Gasteiger partial charge in [-0.05, 0) is 32.0 Å². The number of likely N-dealkylation sites (tertiary alicyclic amines) is 1. The number of benzene rings is 1. The van der Waals surface area contributed by atoms with Gasteiger partial charge in [0.05, 0.1) is 19.8 Å². The summed E-state index contributed by atoms with van der Waals surface area (Å²) in [6, 6.07) is 6.69. The van der Waals surface area contributed by atoms with Crippen LogP contribution in [-0.2, 0) is 0 Å². The highest BCUT2D eigenvalue weighted by Crippen LogP contribution is 2.42. The van der Waals surface area contributed by atoms with Gasteiger partial charge in [-0.3, -0.25) is 4.90 Å². The first kappa shape index (κ1) is 15.3. The Hall–Kier alpha value is -1.62. The lowest BCUT2D eigenvalue weighted by atomic mass is 9.96. The molecule has 5 nitrogen and oxygen atoms in total. The normalized spacial score (nSPS) is 21.7. The van der Waals surface area contributed by atoms with Crippen LogP contribution in [0.25, 0.3) is 0 Å². The second-order valence-electron chi connectivity index (χ2n) is 6.01. The smallest absolute Gasteiger partial charge is 0.165 e. The minimum Gasteiger partial charge on any atom is -0.490 e. The zero-order valence-corrected chi connectivity index (χ0v) is 13.1. The van der Waals surface area contributed by atoms with Gasteiger partial charge in [0, 0.05) is 24.4 Å². The summed E-state index contributed by atoms with van der Waals surface area (Å²) in [7, 11) is 0. The van der Waals surface area contributed by atoms with Crippen LogP contribution in [0.1, 0.15) is 43.7 Å². The van der Waals surface area contributed by atoms with Crippen molar-refractivity contribution < 1.29 is 9.47 Å². The minimum absolute atomic E-state index is 0.468. The van der Waals surface area contributed by atoms with Crippen molar-refractivity contribution in [3.05, 3.63) is 23.8 Å². The number of para-hydroxylation sites is 1. The van der Waals surface area contributed by atoms with Crippen LogP contribution in [-0.4, -0.2) is 37.7 Å². The Labute approximate surface area is 132 Å². The van der Waals surface area contributed by atoms with Gasteiger partial charge in [-0.25, -0.2) is 5.53 Å². The van der Waals surface area contributed by atoms with Crippen LogP contribution < -0.4 is 9.47 Å². The molecule has 0 bridgehead atoms. The van der Waals surface area contributed by atoms with E-state index < -0.39 is 0 Å². The SMILES string of the molecule is N=NCCCOc1cccc2c1OCCC2N1CCCCC1. The third-order valence-electron chi connectivity index (χ3n) is 4.51.